The summed E-state index contributed by atoms with van der Waals surface area (Å²) >= 11 is 0. The third-order valence-electron chi connectivity index (χ3n) is 5.40. The SMILES string of the molecule is C[C@@H]1CC(c2ccc(C(F)(F)F)c3ncccc23)CN(C(=O)NC2CC2)C1. The molecule has 144 valence electrons. The van der Waals surface area contributed by atoms with Crippen LogP contribution in [0.4, 0.5) is 18.0 Å². The van der Waals surface area contributed by atoms with Gasteiger partial charge in [-0.1, -0.05) is 19.1 Å². The van der Waals surface area contributed by atoms with Crippen molar-refractivity contribution in [1.82, 2.24) is 15.2 Å². The molecule has 4 rings (SSSR count). The lowest BCUT2D eigenvalue weighted by molar-refractivity contribution is -0.136. The third kappa shape index (κ3) is 3.73. The predicted octanol–water partition coefficient (Wildman–Crippen LogP) is 4.55. The van der Waals surface area contributed by atoms with E-state index in [9.17, 15) is 18.0 Å². The number of aromatic nitrogens is 1. The number of pyridine rings is 1. The lowest BCUT2D eigenvalue weighted by atomic mass is 9.83. The molecule has 2 aliphatic rings. The first-order valence-corrected chi connectivity index (χ1v) is 9.33. The van der Waals surface area contributed by atoms with Crippen molar-refractivity contribution in [3.8, 4) is 0 Å². The van der Waals surface area contributed by atoms with Crippen LogP contribution in [-0.4, -0.2) is 35.0 Å². The van der Waals surface area contributed by atoms with Gasteiger partial charge < -0.3 is 10.2 Å². The molecule has 0 bridgehead atoms. The van der Waals surface area contributed by atoms with Crippen LogP contribution in [0.5, 0.6) is 0 Å². The zero-order valence-electron chi connectivity index (χ0n) is 15.1. The zero-order chi connectivity index (χ0) is 19.2. The van der Waals surface area contributed by atoms with Crippen molar-refractivity contribution in [2.75, 3.05) is 13.1 Å². The fraction of sp³-hybridized carbons (Fsp3) is 0.500. The molecule has 2 heterocycles. The zero-order valence-corrected chi connectivity index (χ0v) is 15.1. The molecule has 1 saturated carbocycles. The Morgan fingerprint density at radius 1 is 1.22 bits per heavy atom. The van der Waals surface area contributed by atoms with Gasteiger partial charge in [-0.25, -0.2) is 4.79 Å². The first-order chi connectivity index (χ1) is 12.8. The van der Waals surface area contributed by atoms with Crippen molar-refractivity contribution < 1.29 is 18.0 Å². The molecular formula is C20H22F3N3O. The molecule has 0 spiro atoms. The number of carbonyl (C=O) groups excluding carboxylic acids is 1. The van der Waals surface area contributed by atoms with Gasteiger partial charge in [-0.3, -0.25) is 4.98 Å². The molecule has 2 fully saturated rings. The number of rotatable bonds is 2. The molecule has 1 aliphatic heterocycles. The van der Waals surface area contributed by atoms with Gasteiger partial charge in [0.2, 0.25) is 0 Å². The molecule has 2 aromatic rings. The van der Waals surface area contributed by atoms with E-state index in [2.05, 4.69) is 17.2 Å². The molecule has 1 aromatic carbocycles. The van der Waals surface area contributed by atoms with Crippen LogP contribution >= 0.6 is 0 Å². The van der Waals surface area contributed by atoms with Crippen molar-refractivity contribution in [1.29, 1.82) is 0 Å². The summed E-state index contributed by atoms with van der Waals surface area (Å²) in [5.74, 6) is 0.274. The highest BCUT2D eigenvalue weighted by Crippen LogP contribution is 2.39. The molecule has 4 nitrogen and oxygen atoms in total. The maximum absolute atomic E-state index is 13.3. The van der Waals surface area contributed by atoms with Crippen LogP contribution in [0.2, 0.25) is 0 Å². The Morgan fingerprint density at radius 3 is 2.70 bits per heavy atom. The van der Waals surface area contributed by atoms with E-state index in [0.29, 0.717) is 18.5 Å². The molecule has 7 heteroatoms. The highest BCUT2D eigenvalue weighted by Gasteiger charge is 2.36. The fourth-order valence-electron chi connectivity index (χ4n) is 4.02. The van der Waals surface area contributed by atoms with Gasteiger partial charge in [0.25, 0.3) is 0 Å². The van der Waals surface area contributed by atoms with E-state index in [0.717, 1.165) is 30.9 Å². The van der Waals surface area contributed by atoms with Gasteiger partial charge in [0.05, 0.1) is 11.1 Å². The Bertz CT molecular complexity index is 863. The third-order valence-corrected chi connectivity index (χ3v) is 5.40. The first kappa shape index (κ1) is 18.1. The fourth-order valence-corrected chi connectivity index (χ4v) is 4.02. The summed E-state index contributed by atoms with van der Waals surface area (Å²) in [4.78, 5) is 18.3. The lowest BCUT2D eigenvalue weighted by Crippen LogP contribution is -2.48. The number of nitrogens with one attached hydrogen (secondary N) is 1. The minimum Gasteiger partial charge on any atom is -0.335 e. The van der Waals surface area contributed by atoms with Gasteiger partial charge in [0.15, 0.2) is 0 Å². The van der Waals surface area contributed by atoms with Crippen LogP contribution in [0, 0.1) is 5.92 Å². The van der Waals surface area contributed by atoms with Crippen LogP contribution in [-0.2, 0) is 6.18 Å². The van der Waals surface area contributed by atoms with Crippen LogP contribution in [0.1, 0.15) is 43.2 Å². The molecule has 1 aliphatic carbocycles. The summed E-state index contributed by atoms with van der Waals surface area (Å²) in [6, 6.07) is 6.26. The van der Waals surface area contributed by atoms with E-state index in [-0.39, 0.29) is 29.4 Å². The number of alkyl halides is 3. The van der Waals surface area contributed by atoms with Crippen molar-refractivity contribution in [3.63, 3.8) is 0 Å². The topological polar surface area (TPSA) is 45.2 Å². The summed E-state index contributed by atoms with van der Waals surface area (Å²) < 4.78 is 40.0. The predicted molar refractivity (Wildman–Crippen MR) is 96.4 cm³/mol. The molecular weight excluding hydrogens is 355 g/mol. The first-order valence-electron chi connectivity index (χ1n) is 9.33. The van der Waals surface area contributed by atoms with E-state index in [1.165, 1.54) is 6.20 Å². The second-order valence-electron chi connectivity index (χ2n) is 7.77. The Labute approximate surface area is 155 Å². The van der Waals surface area contributed by atoms with Gasteiger partial charge in [0, 0.05) is 36.6 Å². The number of amides is 2. The largest absolute Gasteiger partial charge is 0.418 e. The molecule has 1 N–H and O–H groups in total. The smallest absolute Gasteiger partial charge is 0.335 e. The van der Waals surface area contributed by atoms with E-state index >= 15 is 0 Å². The van der Waals surface area contributed by atoms with Crippen LogP contribution in [0.15, 0.2) is 30.5 Å². The minimum absolute atomic E-state index is 0.00677. The number of piperidine rings is 1. The lowest BCUT2D eigenvalue weighted by Gasteiger charge is -2.37. The number of halogens is 3. The number of benzene rings is 1. The summed E-state index contributed by atoms with van der Waals surface area (Å²) in [6.45, 7) is 3.26. The van der Waals surface area contributed by atoms with Gasteiger partial charge in [-0.15, -0.1) is 0 Å². The summed E-state index contributed by atoms with van der Waals surface area (Å²) in [5, 5.41) is 3.53. The summed E-state index contributed by atoms with van der Waals surface area (Å²) in [7, 11) is 0. The highest BCUT2D eigenvalue weighted by atomic mass is 19.4. The molecule has 1 aromatic heterocycles. The summed E-state index contributed by atoms with van der Waals surface area (Å²) in [5.41, 5.74) is 0.102. The Hall–Kier alpha value is -2.31. The number of carbonyl (C=O) groups is 1. The van der Waals surface area contributed by atoms with Crippen LogP contribution in [0.25, 0.3) is 10.9 Å². The maximum atomic E-state index is 13.3. The van der Waals surface area contributed by atoms with Crippen molar-refractivity contribution in [3.05, 3.63) is 41.6 Å². The number of likely N-dealkylation sites (tertiary alicyclic amines) is 1. The van der Waals surface area contributed by atoms with Gasteiger partial charge >= 0.3 is 12.2 Å². The molecule has 2 amide bonds. The molecule has 1 unspecified atom stereocenters. The highest BCUT2D eigenvalue weighted by molar-refractivity contribution is 5.86. The normalized spacial score (nSPS) is 23.5. The number of urea groups is 1. The second kappa shape index (κ2) is 6.69. The standard InChI is InChI=1S/C20H22F3N3O/c1-12-9-13(11-26(10-12)19(27)25-14-4-5-14)15-6-7-17(20(21,22)23)18-16(15)3-2-8-24-18/h2-3,6-8,12-14H,4-5,9-11H2,1H3,(H,25,27)/t12-,13?/m1/s1. The molecule has 0 radical (unpaired) electrons. The summed E-state index contributed by atoms with van der Waals surface area (Å²) in [6.07, 6.45) is -0.175. The second-order valence-corrected chi connectivity index (χ2v) is 7.77. The van der Waals surface area contributed by atoms with Gasteiger partial charge in [0.1, 0.15) is 0 Å². The Balaban J connectivity index is 1.67. The Morgan fingerprint density at radius 2 is 2.00 bits per heavy atom. The monoisotopic (exact) mass is 377 g/mol. The van der Waals surface area contributed by atoms with Gasteiger partial charge in [-0.2, -0.15) is 13.2 Å². The van der Waals surface area contributed by atoms with Crippen molar-refractivity contribution in [2.24, 2.45) is 5.92 Å². The van der Waals surface area contributed by atoms with Crippen molar-refractivity contribution in [2.45, 2.75) is 44.3 Å². The number of hydrogen-bond acceptors (Lipinski definition) is 2. The van der Waals surface area contributed by atoms with E-state index in [1.807, 2.05) is 0 Å². The average molecular weight is 377 g/mol. The van der Waals surface area contributed by atoms with Crippen molar-refractivity contribution >= 4 is 16.9 Å². The molecule has 27 heavy (non-hydrogen) atoms. The van der Waals surface area contributed by atoms with E-state index in [4.69, 9.17) is 0 Å². The van der Waals surface area contributed by atoms with Gasteiger partial charge in [-0.05, 0) is 42.9 Å². The molecule has 1 saturated heterocycles. The van der Waals surface area contributed by atoms with E-state index < -0.39 is 11.7 Å². The number of hydrogen-bond donors (Lipinski definition) is 1. The minimum atomic E-state index is -4.44. The quantitative estimate of drug-likeness (QED) is 0.834. The maximum Gasteiger partial charge on any atom is 0.418 e. The van der Waals surface area contributed by atoms with Crippen LogP contribution < -0.4 is 5.32 Å². The number of nitrogens with zero attached hydrogens (tertiary/aromatic N) is 2. The Kier molecular flexibility index (Phi) is 4.48. The van der Waals surface area contributed by atoms with Crippen LogP contribution in [0.3, 0.4) is 0 Å². The van der Waals surface area contributed by atoms with E-state index in [1.54, 1.807) is 23.1 Å². The number of fused-ring (bicyclic) bond motifs is 1. The average Bonchev–Trinajstić information content (AvgIpc) is 3.43. The molecule has 2 atom stereocenters.